The second-order valence-electron chi connectivity index (χ2n) is 6.17. The molecule has 130 valence electrons. The lowest BCUT2D eigenvalue weighted by atomic mass is 10.2. The summed E-state index contributed by atoms with van der Waals surface area (Å²) in [7, 11) is 1.64. The number of likely N-dealkylation sites (tertiary alicyclic amines) is 1. The average molecular weight is 332 g/mol. The van der Waals surface area contributed by atoms with Crippen molar-refractivity contribution in [3.63, 3.8) is 0 Å². The van der Waals surface area contributed by atoms with Gasteiger partial charge in [-0.15, -0.1) is 0 Å². The van der Waals surface area contributed by atoms with E-state index < -0.39 is 0 Å². The normalized spacial score (nSPS) is 18.4. The number of ether oxygens (including phenoxy) is 2. The minimum Gasteiger partial charge on any atom is -0.475 e. The van der Waals surface area contributed by atoms with Crippen molar-refractivity contribution in [3.05, 3.63) is 24.2 Å². The van der Waals surface area contributed by atoms with Crippen LogP contribution in [-0.4, -0.2) is 52.9 Å². The zero-order valence-electron chi connectivity index (χ0n) is 14.4. The summed E-state index contributed by atoms with van der Waals surface area (Å²) in [5.41, 5.74) is 0.818. The van der Waals surface area contributed by atoms with Gasteiger partial charge in [0.25, 0.3) is 0 Å². The highest BCUT2D eigenvalue weighted by Crippen LogP contribution is 2.33. The Bertz CT molecular complexity index is 642. The van der Waals surface area contributed by atoms with Gasteiger partial charge in [-0.3, -0.25) is 4.90 Å². The van der Waals surface area contributed by atoms with Gasteiger partial charge in [0, 0.05) is 31.0 Å². The van der Waals surface area contributed by atoms with Crippen LogP contribution in [0.25, 0.3) is 11.4 Å². The summed E-state index contributed by atoms with van der Waals surface area (Å²) in [6, 6.07) is 4.38. The molecule has 0 radical (unpaired) electrons. The zero-order chi connectivity index (χ0) is 16.9. The largest absolute Gasteiger partial charge is 0.475 e. The molecule has 7 nitrogen and oxygen atoms in total. The zero-order valence-corrected chi connectivity index (χ0v) is 14.4. The summed E-state index contributed by atoms with van der Waals surface area (Å²) in [5.74, 6) is 1.81. The van der Waals surface area contributed by atoms with Gasteiger partial charge in [-0.2, -0.15) is 4.98 Å². The molecule has 1 aliphatic rings. The first-order valence-corrected chi connectivity index (χ1v) is 8.36. The Kier molecular flexibility index (Phi) is 5.42. The van der Waals surface area contributed by atoms with Crippen LogP contribution in [0.3, 0.4) is 0 Å². The summed E-state index contributed by atoms with van der Waals surface area (Å²) < 4.78 is 15.9. The van der Waals surface area contributed by atoms with Crippen LogP contribution in [-0.2, 0) is 4.74 Å². The van der Waals surface area contributed by atoms with Gasteiger partial charge < -0.3 is 14.0 Å². The molecule has 2 aromatic rings. The molecule has 0 N–H and O–H groups in total. The molecule has 3 rings (SSSR count). The van der Waals surface area contributed by atoms with Gasteiger partial charge in [0.2, 0.25) is 17.6 Å². The minimum atomic E-state index is 0.218. The van der Waals surface area contributed by atoms with Crippen molar-refractivity contribution in [2.45, 2.75) is 38.8 Å². The maximum atomic E-state index is 5.51. The monoisotopic (exact) mass is 332 g/mol. The number of hydrogen-bond acceptors (Lipinski definition) is 7. The predicted octanol–water partition coefficient (Wildman–Crippen LogP) is 2.70. The maximum absolute atomic E-state index is 5.51. The Hall–Kier alpha value is -1.99. The predicted molar refractivity (Wildman–Crippen MR) is 88.7 cm³/mol. The summed E-state index contributed by atoms with van der Waals surface area (Å²) in [6.45, 7) is 6.48. The van der Waals surface area contributed by atoms with Crippen LogP contribution in [0.1, 0.15) is 38.6 Å². The van der Waals surface area contributed by atoms with E-state index in [2.05, 4.69) is 33.9 Å². The van der Waals surface area contributed by atoms with Gasteiger partial charge >= 0.3 is 0 Å². The number of rotatable bonds is 7. The second kappa shape index (κ2) is 7.72. The van der Waals surface area contributed by atoms with Crippen LogP contribution in [0, 0.1) is 0 Å². The van der Waals surface area contributed by atoms with Crippen molar-refractivity contribution in [2.24, 2.45) is 0 Å². The first-order chi connectivity index (χ1) is 11.7. The van der Waals surface area contributed by atoms with E-state index >= 15 is 0 Å². The Labute approximate surface area is 142 Å². The molecule has 0 aliphatic carbocycles. The Morgan fingerprint density at radius 2 is 2.21 bits per heavy atom. The van der Waals surface area contributed by atoms with Crippen molar-refractivity contribution in [1.29, 1.82) is 0 Å². The highest BCUT2D eigenvalue weighted by molar-refractivity contribution is 5.53. The van der Waals surface area contributed by atoms with Crippen LogP contribution >= 0.6 is 0 Å². The molecule has 0 unspecified atom stereocenters. The Morgan fingerprint density at radius 3 is 2.92 bits per heavy atom. The van der Waals surface area contributed by atoms with Crippen LogP contribution in [0.2, 0.25) is 0 Å². The number of pyridine rings is 1. The first kappa shape index (κ1) is 16.9. The van der Waals surface area contributed by atoms with E-state index in [-0.39, 0.29) is 6.04 Å². The highest BCUT2D eigenvalue weighted by atomic mass is 16.5. The number of nitrogens with zero attached hydrogens (tertiary/aromatic N) is 4. The molecule has 1 atom stereocenters. The Morgan fingerprint density at radius 1 is 1.33 bits per heavy atom. The lowest BCUT2D eigenvalue weighted by molar-refractivity contribution is 0.144. The second-order valence-corrected chi connectivity index (χ2v) is 6.17. The third-order valence-electron chi connectivity index (χ3n) is 4.22. The molecule has 0 bridgehead atoms. The molecule has 1 fully saturated rings. The van der Waals surface area contributed by atoms with E-state index in [1.54, 1.807) is 19.4 Å². The lowest BCUT2D eigenvalue weighted by Crippen LogP contribution is -2.30. The molecule has 0 saturated carbocycles. The topological polar surface area (TPSA) is 73.5 Å². The molecule has 24 heavy (non-hydrogen) atoms. The number of aromatic nitrogens is 3. The summed E-state index contributed by atoms with van der Waals surface area (Å²) in [5, 5.41) is 4.12. The van der Waals surface area contributed by atoms with Crippen molar-refractivity contribution in [1.82, 2.24) is 20.0 Å². The molecule has 2 aromatic heterocycles. The number of methoxy groups -OCH3 is 1. The quantitative estimate of drug-likeness (QED) is 0.722. The molecule has 7 heteroatoms. The fourth-order valence-electron chi connectivity index (χ4n) is 2.99. The fraction of sp³-hybridized carbons (Fsp3) is 0.588. The first-order valence-electron chi connectivity index (χ1n) is 8.36. The van der Waals surface area contributed by atoms with Crippen LogP contribution < -0.4 is 4.74 Å². The third kappa shape index (κ3) is 3.73. The molecular formula is C17H24N4O3. The standard InChI is InChI=1S/C17H24N4O3/c1-12(2)21-8-4-5-14(21)17-19-16(20-24-17)13-6-7-15(18-11-13)23-10-9-22-3/h6-7,11-12,14H,4-5,8-10H2,1-3H3/t14-/m0/s1. The van der Waals surface area contributed by atoms with E-state index in [9.17, 15) is 0 Å². The summed E-state index contributed by atoms with van der Waals surface area (Å²) in [4.78, 5) is 11.3. The molecule has 1 saturated heterocycles. The van der Waals surface area contributed by atoms with E-state index in [0.717, 1.165) is 24.9 Å². The molecular weight excluding hydrogens is 308 g/mol. The van der Waals surface area contributed by atoms with Gasteiger partial charge in [0.15, 0.2) is 0 Å². The van der Waals surface area contributed by atoms with E-state index in [1.165, 1.54) is 0 Å². The smallest absolute Gasteiger partial charge is 0.244 e. The van der Waals surface area contributed by atoms with E-state index in [4.69, 9.17) is 14.0 Å². The van der Waals surface area contributed by atoms with Crippen LogP contribution in [0.4, 0.5) is 0 Å². The van der Waals surface area contributed by atoms with Gasteiger partial charge in [0.05, 0.1) is 12.6 Å². The van der Waals surface area contributed by atoms with Crippen molar-refractivity contribution < 1.29 is 14.0 Å². The minimum absolute atomic E-state index is 0.218. The highest BCUT2D eigenvalue weighted by Gasteiger charge is 2.32. The maximum Gasteiger partial charge on any atom is 0.244 e. The molecule has 0 amide bonds. The van der Waals surface area contributed by atoms with Gasteiger partial charge in [0.1, 0.15) is 6.61 Å². The SMILES string of the molecule is COCCOc1ccc(-c2noc([C@@H]3CCCN3C(C)C)n2)cn1. The van der Waals surface area contributed by atoms with Crippen molar-refractivity contribution in [3.8, 4) is 17.3 Å². The van der Waals surface area contributed by atoms with Crippen LogP contribution in [0.15, 0.2) is 22.9 Å². The molecule has 3 heterocycles. The Balaban J connectivity index is 1.69. The van der Waals surface area contributed by atoms with Crippen molar-refractivity contribution >= 4 is 0 Å². The summed E-state index contributed by atoms with van der Waals surface area (Å²) in [6.07, 6.45) is 3.92. The molecule has 0 aromatic carbocycles. The van der Waals surface area contributed by atoms with Crippen LogP contribution in [0.5, 0.6) is 5.88 Å². The van der Waals surface area contributed by atoms with Gasteiger partial charge in [-0.05, 0) is 39.3 Å². The van der Waals surface area contributed by atoms with Crippen molar-refractivity contribution in [2.75, 3.05) is 26.9 Å². The fourth-order valence-corrected chi connectivity index (χ4v) is 2.99. The summed E-state index contributed by atoms with van der Waals surface area (Å²) >= 11 is 0. The third-order valence-corrected chi connectivity index (χ3v) is 4.22. The molecule has 0 spiro atoms. The van der Waals surface area contributed by atoms with Gasteiger partial charge in [-0.25, -0.2) is 4.98 Å². The lowest BCUT2D eigenvalue weighted by Gasteiger charge is -2.25. The number of hydrogen-bond donors (Lipinski definition) is 0. The average Bonchev–Trinajstić information content (AvgIpc) is 3.25. The molecule has 1 aliphatic heterocycles. The van der Waals surface area contributed by atoms with Gasteiger partial charge in [-0.1, -0.05) is 5.16 Å². The van der Waals surface area contributed by atoms with E-state index in [0.29, 0.717) is 36.9 Å². The van der Waals surface area contributed by atoms with E-state index in [1.807, 2.05) is 6.07 Å².